The van der Waals surface area contributed by atoms with Gasteiger partial charge in [-0.05, 0) is 138 Å². The van der Waals surface area contributed by atoms with E-state index in [9.17, 15) is 0 Å². The summed E-state index contributed by atoms with van der Waals surface area (Å²) in [7, 11) is 6.31. The van der Waals surface area contributed by atoms with Crippen molar-refractivity contribution in [3.05, 3.63) is 60.7 Å². The van der Waals surface area contributed by atoms with E-state index in [4.69, 9.17) is 95.1 Å². The first kappa shape index (κ1) is 82.2. The second-order valence-electron chi connectivity index (χ2n) is 8.21. The molecule has 0 saturated carbocycles. The fourth-order valence-corrected chi connectivity index (χ4v) is 2.50. The zero-order valence-electron chi connectivity index (χ0n) is 29.1. The van der Waals surface area contributed by atoms with Crippen molar-refractivity contribution in [1.29, 1.82) is 0 Å². The van der Waals surface area contributed by atoms with Gasteiger partial charge >= 0.3 is 49.5 Å². The Labute approximate surface area is 328 Å². The van der Waals surface area contributed by atoms with E-state index < -0.39 is 0 Å². The number of rotatable bonds is 18. The fourth-order valence-electron chi connectivity index (χ4n) is 2.50. The maximum absolute atomic E-state index is 8.00. The second kappa shape index (κ2) is 110. The molecule has 318 valence electrons. The van der Waals surface area contributed by atoms with Crippen molar-refractivity contribution in [3.8, 4) is 0 Å². The first-order valence-electron chi connectivity index (χ1n) is 13.9. The summed E-state index contributed by atoms with van der Waals surface area (Å²) in [4.78, 5) is 54.8. The van der Waals surface area contributed by atoms with Crippen LogP contribution in [0.25, 0.3) is 0 Å². The molecule has 0 aromatic rings. The Bertz CT molecular complexity index is 460. The largest absolute Gasteiger partial charge is 2.00 e. The first-order valence-corrected chi connectivity index (χ1v) is 13.9. The molecule has 0 saturated heterocycles. The molecule has 30 heteroatoms. The zero-order chi connectivity index (χ0) is 39.7. The van der Waals surface area contributed by atoms with Gasteiger partial charge in [-0.15, -0.1) is 32.0 Å². The molecule has 0 fully saturated rings. The molecule has 0 unspecified atom stereocenters. The summed E-state index contributed by atoms with van der Waals surface area (Å²) in [5, 5.41) is 54.0. The molecule has 0 aliphatic rings. The van der Waals surface area contributed by atoms with Crippen LogP contribution in [0.4, 0.5) is 0 Å². The number of nitrogens with zero attached hydrogens (tertiary/aromatic N) is 9. The quantitative estimate of drug-likeness (QED) is 0.0614. The van der Waals surface area contributed by atoms with E-state index in [-0.39, 0.29) is 49.5 Å². The summed E-state index contributed by atoms with van der Waals surface area (Å²) in [5.74, 6) is 0. The minimum absolute atomic E-state index is 0. The molecule has 0 spiro atoms. The molecule has 51 heavy (non-hydrogen) atoms. The van der Waals surface area contributed by atoms with Gasteiger partial charge in [0, 0.05) is 0 Å². The molecule has 0 bridgehead atoms. The predicted molar refractivity (Wildman–Crippen MR) is 189 cm³/mol. The van der Waals surface area contributed by atoms with Gasteiger partial charge in [0.15, 0.2) is 0 Å². The third-order valence-electron chi connectivity index (χ3n) is 4.46. The summed E-state index contributed by atoms with van der Waals surface area (Å²) in [6, 6.07) is 0. The third kappa shape index (κ3) is 213. The average molecular weight is 888 g/mol. The molecule has 0 rings (SSSR count). The summed E-state index contributed by atoms with van der Waals surface area (Å²) < 4.78 is 0. The van der Waals surface area contributed by atoms with E-state index in [2.05, 4.69) is 35.8 Å². The molecule has 0 radical (unpaired) electrons. The van der Waals surface area contributed by atoms with Gasteiger partial charge < -0.3 is 110 Å². The molecular formula is C21H57N15Ni3O12. The van der Waals surface area contributed by atoms with Crippen molar-refractivity contribution in [2.45, 2.75) is 38.5 Å². The minimum atomic E-state index is 0. The van der Waals surface area contributed by atoms with Gasteiger partial charge in [0.05, 0.1) is 0 Å². The van der Waals surface area contributed by atoms with Crippen LogP contribution < -0.4 is 34.4 Å². The smallest absolute Gasteiger partial charge is 0.444 e. The van der Waals surface area contributed by atoms with E-state index in [0.29, 0.717) is 0 Å². The molecule has 12 N–H and O–H groups in total. The zero-order valence-corrected chi connectivity index (χ0v) is 32.0. The van der Waals surface area contributed by atoms with E-state index >= 15 is 0 Å². The van der Waals surface area contributed by atoms with Crippen LogP contribution in [-0.2, 0) is 49.5 Å². The topological polar surface area (TPSA) is 481 Å². The van der Waals surface area contributed by atoms with Gasteiger partial charge in [-0.1, -0.05) is 0 Å². The van der Waals surface area contributed by atoms with Crippen LogP contribution in [0.5, 0.6) is 0 Å². The Balaban J connectivity index is -0.0000000354. The van der Waals surface area contributed by atoms with E-state index in [1.54, 1.807) is 0 Å². The molecule has 0 aromatic carbocycles. The average Bonchev–Trinajstić information content (AvgIpc) is 3.05. The summed E-state index contributed by atoms with van der Waals surface area (Å²) in [6.07, 6.45) is 6.51. The van der Waals surface area contributed by atoms with Gasteiger partial charge in [0.2, 0.25) is 0 Å². The molecule has 0 atom stereocenters. The van der Waals surface area contributed by atoms with Crippen molar-refractivity contribution in [3.63, 3.8) is 0 Å². The van der Waals surface area contributed by atoms with Crippen molar-refractivity contribution in [2.24, 2.45) is 66.4 Å². The van der Waals surface area contributed by atoms with Crippen LogP contribution >= 0.6 is 0 Å². The van der Waals surface area contributed by atoms with E-state index in [1.807, 2.05) is 0 Å². The van der Waals surface area contributed by atoms with Crippen LogP contribution in [0.1, 0.15) is 38.5 Å². The number of hydrogen-bond donors (Lipinski definition) is 6. The second-order valence-corrected chi connectivity index (χ2v) is 8.21. The van der Waals surface area contributed by atoms with Gasteiger partial charge in [-0.3, -0.25) is 0 Å². The van der Waals surface area contributed by atoms with Crippen molar-refractivity contribution >= 4 is 0 Å². The van der Waals surface area contributed by atoms with E-state index in [0.717, 1.165) is 149 Å². The van der Waals surface area contributed by atoms with Gasteiger partial charge in [-0.25, -0.2) is 0 Å². The van der Waals surface area contributed by atoms with Gasteiger partial charge in [0.1, 0.15) is 0 Å². The Morgan fingerprint density at radius 3 is 0.471 bits per heavy atom. The predicted octanol–water partition coefficient (Wildman–Crippen LogP) is 0.344. The summed E-state index contributed by atoms with van der Waals surface area (Å²) >= 11 is 0. The van der Waals surface area contributed by atoms with Crippen LogP contribution in [0.15, 0.2) is 32.0 Å². The van der Waals surface area contributed by atoms with E-state index in [1.165, 1.54) is 0 Å². The van der Waals surface area contributed by atoms with Crippen molar-refractivity contribution in [1.82, 2.24) is 14.7 Å². The molecular weight excluding hydrogens is 830 g/mol. The van der Waals surface area contributed by atoms with Crippen LogP contribution in [-0.4, -0.2) is 114 Å². The van der Waals surface area contributed by atoms with Crippen LogP contribution in [0.2, 0.25) is 0 Å². The summed E-state index contributed by atoms with van der Waals surface area (Å²) in [5.41, 5.74) is 32.1. The third-order valence-corrected chi connectivity index (χ3v) is 4.46. The first-order chi connectivity index (χ1) is 22.9. The maximum atomic E-state index is 8.00. The molecule has 0 aliphatic heterocycles. The van der Waals surface area contributed by atoms with Crippen molar-refractivity contribution < 1.29 is 49.5 Å². The normalized spacial score (nSPS) is 7.76. The molecule has 0 aromatic heterocycles. The molecule has 0 amide bonds. The van der Waals surface area contributed by atoms with Crippen LogP contribution in [0, 0.1) is 60.7 Å². The molecule has 0 heterocycles. The standard InChI is InChI=1S/3C7H19N3.6HNO2.3Ni/c3*1-10(6-2-4-8)7-3-5-9;6*2-1-3;;;/h3*2-9H2,1H3;6*(H,2,3);;;/q;;;;;;;;;3*+2/p-6. The monoisotopic (exact) mass is 885 g/mol. The molecule has 0 aliphatic carbocycles. The number of nitrogens with two attached hydrogens (primary N) is 6. The Morgan fingerprint density at radius 2 is 0.412 bits per heavy atom. The van der Waals surface area contributed by atoms with Gasteiger partial charge in [0.25, 0.3) is 0 Å². The van der Waals surface area contributed by atoms with Gasteiger partial charge in [-0.2, -0.15) is 0 Å². The van der Waals surface area contributed by atoms with Crippen LogP contribution in [0.3, 0.4) is 0 Å². The molecule has 27 nitrogen and oxygen atoms in total. The Hall–Kier alpha value is -2.48. The SMILES string of the molecule is CN(CCCN)CCCN.CN(CCCN)CCCN.CN(CCCN)CCCN.O=N[O-].O=N[O-].O=N[O-].O=N[O-].O=N[O-].O=N[O-].[Ni+2].[Ni+2].[Ni+2]. The fraction of sp³-hybridized carbons (Fsp3) is 1.00. The minimum Gasteiger partial charge on any atom is -0.444 e. The van der Waals surface area contributed by atoms with Crippen molar-refractivity contribution in [2.75, 3.05) is 99.7 Å². The maximum Gasteiger partial charge on any atom is 2.00 e. The number of hydrogen-bond acceptors (Lipinski definition) is 27. The Kier molecular flexibility index (Phi) is 178. The summed E-state index contributed by atoms with van der Waals surface area (Å²) in [6.45, 7) is 11.3. The Morgan fingerprint density at radius 1 is 0.333 bits per heavy atom.